The molecule has 0 fully saturated rings. The molecular formula is C19H17N3S. The molecule has 1 aromatic heterocycles. The van der Waals surface area contributed by atoms with E-state index in [1.165, 1.54) is 10.5 Å². The number of nitrogens with zero attached hydrogens (tertiary/aromatic N) is 1. The Kier molecular flexibility index (Phi) is 3.90. The second kappa shape index (κ2) is 6.34. The van der Waals surface area contributed by atoms with Crippen LogP contribution in [0.3, 0.4) is 0 Å². The van der Waals surface area contributed by atoms with Gasteiger partial charge in [-0.2, -0.15) is 0 Å². The maximum atomic E-state index is 4.56. The van der Waals surface area contributed by atoms with E-state index in [0.717, 1.165) is 22.8 Å². The Morgan fingerprint density at radius 1 is 0.870 bits per heavy atom. The minimum Gasteiger partial charge on any atom is -0.362 e. The lowest BCUT2D eigenvalue weighted by atomic mass is 10.1. The summed E-state index contributed by atoms with van der Waals surface area (Å²) in [6.07, 6.45) is 2.13. The van der Waals surface area contributed by atoms with Gasteiger partial charge in [-0.1, -0.05) is 48.5 Å². The molecule has 0 saturated heterocycles. The molecule has 0 amide bonds. The summed E-state index contributed by atoms with van der Waals surface area (Å²) in [6.45, 7) is 0. The molecule has 0 spiro atoms. The Hall–Kier alpha value is -2.46. The van der Waals surface area contributed by atoms with Crippen molar-refractivity contribution in [3.8, 4) is 11.1 Å². The standard InChI is InChI=1S/C19H17N3S/c1-3-7-14(8-4-1)15-11-17-19(20-12-15)22-18(21-17)13-23-16-9-5-2-6-10-16/h1-12,18,21H,13H2,(H,20,22). The zero-order chi connectivity index (χ0) is 15.5. The van der Waals surface area contributed by atoms with Crippen LogP contribution in [0.1, 0.15) is 0 Å². The number of benzene rings is 2. The van der Waals surface area contributed by atoms with Crippen molar-refractivity contribution in [2.75, 3.05) is 16.4 Å². The van der Waals surface area contributed by atoms with Gasteiger partial charge < -0.3 is 10.6 Å². The van der Waals surface area contributed by atoms with Crippen LogP contribution in [0.5, 0.6) is 0 Å². The lowest BCUT2D eigenvalue weighted by Crippen LogP contribution is -2.24. The van der Waals surface area contributed by atoms with Crippen LogP contribution < -0.4 is 10.6 Å². The SMILES string of the molecule is c1ccc(SCC2Nc3cc(-c4ccccc4)cnc3N2)cc1. The van der Waals surface area contributed by atoms with E-state index in [2.05, 4.69) is 58.1 Å². The molecule has 1 atom stereocenters. The Labute approximate surface area is 140 Å². The fourth-order valence-electron chi connectivity index (χ4n) is 2.65. The molecular weight excluding hydrogens is 302 g/mol. The van der Waals surface area contributed by atoms with Gasteiger partial charge in [-0.15, -0.1) is 11.8 Å². The molecule has 2 N–H and O–H groups in total. The van der Waals surface area contributed by atoms with Gasteiger partial charge in [-0.25, -0.2) is 4.98 Å². The smallest absolute Gasteiger partial charge is 0.151 e. The number of aromatic nitrogens is 1. The van der Waals surface area contributed by atoms with Crippen LogP contribution in [0.15, 0.2) is 77.8 Å². The van der Waals surface area contributed by atoms with E-state index < -0.39 is 0 Å². The van der Waals surface area contributed by atoms with Gasteiger partial charge in [0.05, 0.1) is 5.69 Å². The average molecular weight is 319 g/mol. The predicted molar refractivity (Wildman–Crippen MR) is 97.9 cm³/mol. The first-order valence-electron chi connectivity index (χ1n) is 7.65. The van der Waals surface area contributed by atoms with Crippen molar-refractivity contribution in [3.63, 3.8) is 0 Å². The van der Waals surface area contributed by atoms with Crippen molar-refractivity contribution >= 4 is 23.3 Å². The summed E-state index contributed by atoms with van der Waals surface area (Å²) in [7, 11) is 0. The largest absolute Gasteiger partial charge is 0.362 e. The molecule has 3 aromatic rings. The van der Waals surface area contributed by atoms with Crippen LogP contribution in [0, 0.1) is 0 Å². The maximum Gasteiger partial charge on any atom is 0.151 e. The summed E-state index contributed by atoms with van der Waals surface area (Å²) in [5, 5.41) is 6.96. The quantitative estimate of drug-likeness (QED) is 0.683. The van der Waals surface area contributed by atoms with Crippen molar-refractivity contribution in [2.45, 2.75) is 11.1 Å². The van der Waals surface area contributed by atoms with Gasteiger partial charge in [-0.3, -0.25) is 0 Å². The predicted octanol–water partition coefficient (Wildman–Crippen LogP) is 4.70. The molecule has 0 radical (unpaired) electrons. The molecule has 23 heavy (non-hydrogen) atoms. The highest BCUT2D eigenvalue weighted by atomic mass is 32.2. The Bertz CT molecular complexity index is 790. The number of hydrogen-bond donors (Lipinski definition) is 2. The summed E-state index contributed by atoms with van der Waals surface area (Å²) >= 11 is 1.84. The molecule has 0 saturated carbocycles. The number of pyridine rings is 1. The summed E-state index contributed by atoms with van der Waals surface area (Å²) in [5.41, 5.74) is 3.40. The van der Waals surface area contributed by atoms with Crippen LogP contribution >= 0.6 is 11.8 Å². The number of thioether (sulfide) groups is 1. The Balaban J connectivity index is 1.45. The van der Waals surface area contributed by atoms with E-state index in [1.54, 1.807) is 0 Å². The fraction of sp³-hybridized carbons (Fsp3) is 0.105. The first-order chi connectivity index (χ1) is 11.4. The second-order valence-corrected chi connectivity index (χ2v) is 6.54. The lowest BCUT2D eigenvalue weighted by Gasteiger charge is -2.11. The highest BCUT2D eigenvalue weighted by molar-refractivity contribution is 7.99. The molecule has 2 aromatic carbocycles. The van der Waals surface area contributed by atoms with Gasteiger partial charge >= 0.3 is 0 Å². The topological polar surface area (TPSA) is 37.0 Å². The van der Waals surface area contributed by atoms with Crippen molar-refractivity contribution < 1.29 is 0 Å². The van der Waals surface area contributed by atoms with Gasteiger partial charge in [-0.05, 0) is 23.8 Å². The Morgan fingerprint density at radius 2 is 1.61 bits per heavy atom. The van der Waals surface area contributed by atoms with Crippen LogP contribution in [-0.2, 0) is 0 Å². The molecule has 1 unspecified atom stereocenters. The van der Waals surface area contributed by atoms with Crippen molar-refractivity contribution in [1.29, 1.82) is 0 Å². The molecule has 1 aliphatic rings. The van der Waals surface area contributed by atoms with Crippen LogP contribution in [0.4, 0.5) is 11.5 Å². The molecule has 3 nitrogen and oxygen atoms in total. The fourth-order valence-corrected chi connectivity index (χ4v) is 3.52. The highest BCUT2D eigenvalue weighted by Gasteiger charge is 2.21. The molecule has 4 rings (SSSR count). The monoisotopic (exact) mass is 319 g/mol. The van der Waals surface area contributed by atoms with E-state index in [-0.39, 0.29) is 6.17 Å². The second-order valence-electron chi connectivity index (χ2n) is 5.45. The number of anilines is 2. The Morgan fingerprint density at radius 3 is 2.39 bits per heavy atom. The van der Waals surface area contributed by atoms with Crippen molar-refractivity contribution in [3.05, 3.63) is 72.9 Å². The maximum absolute atomic E-state index is 4.56. The molecule has 2 heterocycles. The van der Waals surface area contributed by atoms with E-state index >= 15 is 0 Å². The van der Waals surface area contributed by atoms with E-state index in [9.17, 15) is 0 Å². The van der Waals surface area contributed by atoms with Crippen LogP contribution in [0.25, 0.3) is 11.1 Å². The summed E-state index contributed by atoms with van der Waals surface area (Å²) in [5.74, 6) is 1.88. The minimum absolute atomic E-state index is 0.203. The molecule has 0 aliphatic carbocycles. The first kappa shape index (κ1) is 14.2. The minimum atomic E-state index is 0.203. The number of rotatable bonds is 4. The normalized spacial score (nSPS) is 15.6. The van der Waals surface area contributed by atoms with E-state index in [1.807, 2.05) is 42.2 Å². The number of fused-ring (bicyclic) bond motifs is 1. The van der Waals surface area contributed by atoms with E-state index in [0.29, 0.717) is 0 Å². The van der Waals surface area contributed by atoms with Gasteiger partial charge in [0.15, 0.2) is 5.82 Å². The molecule has 0 bridgehead atoms. The zero-order valence-electron chi connectivity index (χ0n) is 12.6. The van der Waals surface area contributed by atoms with Gasteiger partial charge in [0.2, 0.25) is 0 Å². The highest BCUT2D eigenvalue weighted by Crippen LogP contribution is 2.32. The van der Waals surface area contributed by atoms with Crippen molar-refractivity contribution in [2.24, 2.45) is 0 Å². The third-order valence-corrected chi connectivity index (χ3v) is 4.90. The average Bonchev–Trinajstić information content (AvgIpc) is 3.04. The van der Waals surface area contributed by atoms with Gasteiger partial charge in [0, 0.05) is 22.4 Å². The zero-order valence-corrected chi connectivity index (χ0v) is 13.4. The summed E-state index contributed by atoms with van der Waals surface area (Å²) in [4.78, 5) is 5.84. The number of nitrogens with one attached hydrogen (secondary N) is 2. The summed E-state index contributed by atoms with van der Waals surface area (Å²) in [6, 6.07) is 23.0. The van der Waals surface area contributed by atoms with E-state index in [4.69, 9.17) is 0 Å². The summed E-state index contributed by atoms with van der Waals surface area (Å²) < 4.78 is 0. The van der Waals surface area contributed by atoms with Gasteiger partial charge in [0.1, 0.15) is 6.17 Å². The molecule has 1 aliphatic heterocycles. The lowest BCUT2D eigenvalue weighted by molar-refractivity contribution is 0.964. The van der Waals surface area contributed by atoms with Crippen LogP contribution in [-0.4, -0.2) is 16.9 Å². The third-order valence-electron chi connectivity index (χ3n) is 3.80. The molecule has 4 heteroatoms. The number of hydrogen-bond acceptors (Lipinski definition) is 4. The molecule has 114 valence electrons. The first-order valence-corrected chi connectivity index (χ1v) is 8.63. The van der Waals surface area contributed by atoms with Crippen LogP contribution in [0.2, 0.25) is 0 Å². The van der Waals surface area contributed by atoms with Gasteiger partial charge in [0.25, 0.3) is 0 Å². The van der Waals surface area contributed by atoms with Crippen molar-refractivity contribution in [1.82, 2.24) is 4.98 Å². The third kappa shape index (κ3) is 3.17.